The molecule has 0 heterocycles. The van der Waals surface area contributed by atoms with Crippen molar-refractivity contribution in [3.8, 4) is 0 Å². The van der Waals surface area contributed by atoms with Gasteiger partial charge in [-0.25, -0.2) is 0 Å². The molecule has 0 amide bonds. The third-order valence-electron chi connectivity index (χ3n) is 5.21. The number of hydrogen-bond donors (Lipinski definition) is 1. The van der Waals surface area contributed by atoms with Crippen molar-refractivity contribution in [2.45, 2.75) is 57.8 Å². The summed E-state index contributed by atoms with van der Waals surface area (Å²) in [6, 6.07) is 8.33. The molecule has 2 rings (SSSR count). The molecule has 0 aromatic heterocycles. The average Bonchev–Trinajstić information content (AvgIpc) is 2.52. The fourth-order valence-corrected chi connectivity index (χ4v) is 5.23. The average molecular weight is 411 g/mol. The minimum Gasteiger partial charge on any atom is -0.481 e. The third-order valence-corrected chi connectivity index (χ3v) is 7.49. The molecule has 1 saturated carbocycles. The normalized spacial score (nSPS) is 24.6. The maximum absolute atomic E-state index is 13.4. The molecule has 0 unspecified atom stereocenters. The second-order valence-electron chi connectivity index (χ2n) is 8.19. The van der Waals surface area contributed by atoms with E-state index < -0.39 is 25.4 Å². The Hall–Kier alpha value is -0.943. The van der Waals surface area contributed by atoms with Crippen LogP contribution in [-0.4, -0.2) is 24.9 Å². The molecule has 0 aliphatic heterocycles. The topological polar surface area (TPSA) is 54.4 Å². The summed E-state index contributed by atoms with van der Waals surface area (Å²) in [7, 11) is -1.36. The van der Waals surface area contributed by atoms with Crippen molar-refractivity contribution in [1.82, 2.24) is 0 Å². The lowest BCUT2D eigenvalue weighted by atomic mass is 9.61. The molecule has 1 aliphatic carbocycles. The third kappa shape index (κ3) is 4.36. The van der Waals surface area contributed by atoms with Crippen LogP contribution in [-0.2, 0) is 4.79 Å². The predicted molar refractivity (Wildman–Crippen MR) is 103 cm³/mol. The molecule has 24 heavy (non-hydrogen) atoms. The summed E-state index contributed by atoms with van der Waals surface area (Å²) >= 11 is 3.40. The van der Waals surface area contributed by atoms with Crippen molar-refractivity contribution in [1.29, 1.82) is 0 Å². The molecule has 1 aromatic carbocycles. The van der Waals surface area contributed by atoms with Gasteiger partial charge in [0.15, 0.2) is 5.78 Å². The number of Topliss-reactive ketones (excluding diaryl/α,β-unsaturated/α-hetero) is 1. The van der Waals surface area contributed by atoms with E-state index in [0.29, 0.717) is 24.8 Å². The van der Waals surface area contributed by atoms with E-state index in [4.69, 9.17) is 0 Å². The van der Waals surface area contributed by atoms with Crippen molar-refractivity contribution in [3.63, 3.8) is 0 Å². The van der Waals surface area contributed by atoms with Gasteiger partial charge in [0, 0.05) is 23.5 Å². The molecule has 0 radical (unpaired) electrons. The zero-order chi connectivity index (χ0) is 18.0. The summed E-state index contributed by atoms with van der Waals surface area (Å²) in [5.41, 5.74) is -0.0972. The largest absolute Gasteiger partial charge is 0.481 e. The van der Waals surface area contributed by atoms with Crippen LogP contribution in [0.25, 0.3) is 0 Å². The van der Waals surface area contributed by atoms with Crippen LogP contribution in [0.3, 0.4) is 0 Å². The van der Waals surface area contributed by atoms with E-state index in [1.807, 2.05) is 24.3 Å². The molecule has 2 atom stereocenters. The van der Waals surface area contributed by atoms with Crippen molar-refractivity contribution in [3.05, 3.63) is 34.3 Å². The van der Waals surface area contributed by atoms with E-state index in [2.05, 4.69) is 35.6 Å². The monoisotopic (exact) mass is 410 g/mol. The predicted octanol–water partition coefficient (Wildman–Crippen LogP) is 5.62. The molecule has 3 nitrogen and oxygen atoms in total. The highest BCUT2D eigenvalue weighted by Gasteiger charge is 2.50. The molecule has 1 aliphatic rings. The Morgan fingerprint density at radius 2 is 1.83 bits per heavy atom. The van der Waals surface area contributed by atoms with Crippen molar-refractivity contribution >= 4 is 35.8 Å². The second kappa shape index (κ2) is 7.52. The number of rotatable bonds is 6. The summed E-state index contributed by atoms with van der Waals surface area (Å²) < 4.78 is 0.925. The SMILES string of the molecule is C[Si](C)(C)CC[C@@]1(C(=O)c2ccc(Br)cc2)CCCC[C@H]1C(=O)O. The number of hydrogen-bond acceptors (Lipinski definition) is 2. The fourth-order valence-electron chi connectivity index (χ4n) is 3.77. The molecule has 1 aromatic rings. The second-order valence-corrected chi connectivity index (χ2v) is 14.7. The molecule has 1 fully saturated rings. The van der Waals surface area contributed by atoms with Gasteiger partial charge in [0.25, 0.3) is 0 Å². The van der Waals surface area contributed by atoms with Gasteiger partial charge in [-0.1, -0.05) is 66.6 Å². The number of carboxylic acids is 1. The van der Waals surface area contributed by atoms with Crippen LogP contribution in [0, 0.1) is 11.3 Å². The molecule has 132 valence electrons. The number of aliphatic carboxylic acids is 1. The smallest absolute Gasteiger partial charge is 0.307 e. The van der Waals surface area contributed by atoms with Crippen molar-refractivity contribution in [2.75, 3.05) is 0 Å². The molecule has 0 saturated heterocycles. The van der Waals surface area contributed by atoms with E-state index in [-0.39, 0.29) is 5.78 Å². The van der Waals surface area contributed by atoms with Crippen LogP contribution in [0.15, 0.2) is 28.7 Å². The van der Waals surface area contributed by atoms with Crippen LogP contribution in [0.2, 0.25) is 25.7 Å². The summed E-state index contributed by atoms with van der Waals surface area (Å²) in [6.45, 7) is 6.84. The minimum atomic E-state index is -1.36. The molecule has 0 spiro atoms. The Morgan fingerprint density at radius 1 is 1.21 bits per heavy atom. The van der Waals surface area contributed by atoms with E-state index in [0.717, 1.165) is 23.4 Å². The number of benzene rings is 1. The maximum Gasteiger partial charge on any atom is 0.307 e. The highest BCUT2D eigenvalue weighted by Crippen LogP contribution is 2.48. The Labute approximate surface area is 154 Å². The van der Waals surface area contributed by atoms with E-state index in [1.54, 1.807) is 0 Å². The summed E-state index contributed by atoms with van der Waals surface area (Å²) in [6.07, 6.45) is 3.86. The Bertz CT molecular complexity index is 606. The number of carbonyl (C=O) groups excluding carboxylic acids is 1. The quantitative estimate of drug-likeness (QED) is 0.488. The van der Waals surface area contributed by atoms with Gasteiger partial charge in [0.05, 0.1) is 5.92 Å². The standard InChI is InChI=1S/C19H27BrO3Si/c1-24(2,3)13-12-19(11-5-4-6-16(19)18(22)23)17(21)14-7-9-15(20)10-8-14/h7-10,16H,4-6,11-13H2,1-3H3,(H,22,23)/t16-,19-/m0/s1. The van der Waals surface area contributed by atoms with Crippen LogP contribution in [0.4, 0.5) is 0 Å². The molecule has 1 N–H and O–H groups in total. The molecule has 0 bridgehead atoms. The van der Waals surface area contributed by atoms with Gasteiger partial charge in [-0.3, -0.25) is 9.59 Å². The van der Waals surface area contributed by atoms with Gasteiger partial charge in [-0.15, -0.1) is 0 Å². The first-order valence-electron chi connectivity index (χ1n) is 8.69. The van der Waals surface area contributed by atoms with Crippen molar-refractivity contribution in [2.24, 2.45) is 11.3 Å². The highest BCUT2D eigenvalue weighted by molar-refractivity contribution is 9.10. The highest BCUT2D eigenvalue weighted by atomic mass is 79.9. The van der Waals surface area contributed by atoms with E-state index in [9.17, 15) is 14.7 Å². The Kier molecular flexibility index (Phi) is 6.08. The first-order chi connectivity index (χ1) is 11.2. The van der Waals surface area contributed by atoms with Crippen LogP contribution in [0.5, 0.6) is 0 Å². The van der Waals surface area contributed by atoms with Gasteiger partial charge in [0.2, 0.25) is 0 Å². The lowest BCUT2D eigenvalue weighted by Gasteiger charge is -2.42. The Morgan fingerprint density at radius 3 is 2.38 bits per heavy atom. The zero-order valence-corrected chi connectivity index (χ0v) is 17.4. The van der Waals surface area contributed by atoms with Crippen LogP contribution >= 0.6 is 15.9 Å². The summed E-state index contributed by atoms with van der Waals surface area (Å²) in [4.78, 5) is 25.3. The minimum absolute atomic E-state index is 0.0281. The summed E-state index contributed by atoms with van der Waals surface area (Å²) in [5.74, 6) is -1.34. The number of carboxylic acid groups (broad SMARTS) is 1. The fraction of sp³-hybridized carbons (Fsp3) is 0.579. The number of ketones is 1. The van der Waals surface area contributed by atoms with Gasteiger partial charge in [-0.2, -0.15) is 0 Å². The first kappa shape index (κ1) is 19.4. The van der Waals surface area contributed by atoms with E-state index in [1.165, 1.54) is 0 Å². The zero-order valence-electron chi connectivity index (χ0n) is 14.8. The van der Waals surface area contributed by atoms with Crippen LogP contribution in [0.1, 0.15) is 42.5 Å². The maximum atomic E-state index is 13.4. The Balaban J connectivity index is 2.42. The van der Waals surface area contributed by atoms with Gasteiger partial charge in [-0.05, 0) is 31.4 Å². The van der Waals surface area contributed by atoms with Gasteiger partial charge >= 0.3 is 5.97 Å². The molecule has 5 heteroatoms. The number of carbonyl (C=O) groups is 2. The van der Waals surface area contributed by atoms with Crippen molar-refractivity contribution < 1.29 is 14.7 Å². The van der Waals surface area contributed by atoms with Crippen LogP contribution < -0.4 is 0 Å². The first-order valence-corrected chi connectivity index (χ1v) is 13.2. The summed E-state index contributed by atoms with van der Waals surface area (Å²) in [5, 5.41) is 9.79. The van der Waals surface area contributed by atoms with E-state index >= 15 is 0 Å². The lowest BCUT2D eigenvalue weighted by molar-refractivity contribution is -0.147. The molecular formula is C19H27BrO3Si. The van der Waals surface area contributed by atoms with Gasteiger partial charge in [0.1, 0.15) is 0 Å². The van der Waals surface area contributed by atoms with Gasteiger partial charge < -0.3 is 5.11 Å². The molecular weight excluding hydrogens is 384 g/mol. The number of halogens is 1. The lowest BCUT2D eigenvalue weighted by Crippen LogP contribution is -2.46.